The maximum absolute atomic E-state index is 11.5. The van der Waals surface area contributed by atoms with Crippen LogP contribution < -0.4 is 5.46 Å². The molecule has 0 spiro atoms. The molecule has 3 rings (SSSR count). The predicted molar refractivity (Wildman–Crippen MR) is 85.8 cm³/mol. The minimum Gasteiger partial charge on any atom is -0.464 e. The Morgan fingerprint density at radius 1 is 1.26 bits per heavy atom. The van der Waals surface area contributed by atoms with E-state index in [2.05, 4.69) is 6.07 Å². The van der Waals surface area contributed by atoms with Gasteiger partial charge >= 0.3 is 13.2 Å². The Morgan fingerprint density at radius 3 is 2.39 bits per heavy atom. The number of hydrogen-bond donors (Lipinski definition) is 1. The summed E-state index contributed by atoms with van der Waals surface area (Å²) >= 11 is 0. The second-order valence-electron chi connectivity index (χ2n) is 6.67. The first-order valence-electron chi connectivity index (χ1n) is 7.30. The van der Waals surface area contributed by atoms with Crippen LogP contribution in [0.15, 0.2) is 24.4 Å². The SMILES string of the molecule is CC1(C)OB(c2cn(C(=O)O)c3ccc(C#N)cc23)OC1(C)C. The summed E-state index contributed by atoms with van der Waals surface area (Å²) in [4.78, 5) is 11.5. The molecule has 0 unspecified atom stereocenters. The number of fused-ring (bicyclic) bond motifs is 1. The molecule has 1 aliphatic heterocycles. The van der Waals surface area contributed by atoms with Gasteiger partial charge in [0.15, 0.2) is 0 Å². The van der Waals surface area contributed by atoms with Crippen LogP contribution in [0, 0.1) is 11.3 Å². The van der Waals surface area contributed by atoms with E-state index in [9.17, 15) is 9.90 Å². The van der Waals surface area contributed by atoms with Crippen LogP contribution in [0.2, 0.25) is 0 Å². The zero-order valence-corrected chi connectivity index (χ0v) is 13.5. The van der Waals surface area contributed by atoms with Gasteiger partial charge in [0.2, 0.25) is 0 Å². The number of benzene rings is 1. The lowest BCUT2D eigenvalue weighted by Crippen LogP contribution is -2.41. The smallest absolute Gasteiger partial charge is 0.464 e. The molecule has 2 heterocycles. The van der Waals surface area contributed by atoms with Crippen LogP contribution in [0.4, 0.5) is 4.79 Å². The fourth-order valence-corrected chi connectivity index (χ4v) is 2.64. The van der Waals surface area contributed by atoms with Crippen molar-refractivity contribution < 1.29 is 19.2 Å². The van der Waals surface area contributed by atoms with E-state index in [1.807, 2.05) is 27.7 Å². The summed E-state index contributed by atoms with van der Waals surface area (Å²) in [6.45, 7) is 7.74. The Hall–Kier alpha value is -2.30. The minimum absolute atomic E-state index is 0.457. The number of aromatic nitrogens is 1. The summed E-state index contributed by atoms with van der Waals surface area (Å²) in [5, 5.41) is 19.1. The number of carboxylic acid groups (broad SMARTS) is 1. The highest BCUT2D eigenvalue weighted by molar-refractivity contribution is 6.65. The lowest BCUT2D eigenvalue weighted by atomic mass is 9.79. The van der Waals surface area contributed by atoms with E-state index in [4.69, 9.17) is 14.6 Å². The normalized spacial score (nSPS) is 19.0. The van der Waals surface area contributed by atoms with Gasteiger partial charge in [-0.2, -0.15) is 5.26 Å². The maximum atomic E-state index is 11.5. The number of carbonyl (C=O) groups is 1. The van der Waals surface area contributed by atoms with Crippen molar-refractivity contribution in [1.29, 1.82) is 5.26 Å². The Labute approximate surface area is 134 Å². The average Bonchev–Trinajstić information content (AvgIpc) is 2.93. The molecule has 1 aromatic heterocycles. The van der Waals surface area contributed by atoms with Crippen LogP contribution in [0.3, 0.4) is 0 Å². The summed E-state index contributed by atoms with van der Waals surface area (Å²) in [6.07, 6.45) is 0.401. The monoisotopic (exact) mass is 312 g/mol. The lowest BCUT2D eigenvalue weighted by molar-refractivity contribution is 0.00578. The molecule has 1 aliphatic rings. The van der Waals surface area contributed by atoms with Gasteiger partial charge in [-0.05, 0) is 45.9 Å². The fourth-order valence-electron chi connectivity index (χ4n) is 2.64. The molecule has 7 heteroatoms. The van der Waals surface area contributed by atoms with Crippen LogP contribution in [0.1, 0.15) is 33.3 Å². The van der Waals surface area contributed by atoms with E-state index in [0.29, 0.717) is 21.9 Å². The average molecular weight is 312 g/mol. The molecule has 0 radical (unpaired) electrons. The van der Waals surface area contributed by atoms with Gasteiger partial charge < -0.3 is 14.4 Å². The first kappa shape index (κ1) is 15.6. The molecule has 1 saturated heterocycles. The molecular formula is C16H17BN2O4. The lowest BCUT2D eigenvalue weighted by Gasteiger charge is -2.32. The van der Waals surface area contributed by atoms with Gasteiger partial charge in [-0.25, -0.2) is 4.79 Å². The van der Waals surface area contributed by atoms with Gasteiger partial charge in [0, 0.05) is 17.0 Å². The topological polar surface area (TPSA) is 84.5 Å². The summed E-state index contributed by atoms with van der Waals surface area (Å²) in [7, 11) is -0.683. The van der Waals surface area contributed by atoms with Crippen molar-refractivity contribution in [3.63, 3.8) is 0 Å². The number of rotatable bonds is 1. The fraction of sp³-hybridized carbons (Fsp3) is 0.375. The van der Waals surface area contributed by atoms with Crippen molar-refractivity contribution in [3.05, 3.63) is 30.0 Å². The highest BCUT2D eigenvalue weighted by atomic mass is 16.7. The van der Waals surface area contributed by atoms with Gasteiger partial charge in [-0.15, -0.1) is 0 Å². The largest absolute Gasteiger partial charge is 0.497 e. The molecule has 1 N–H and O–H groups in total. The molecule has 0 aliphatic carbocycles. The standard InChI is InChI=1S/C16H17BN2O4/c1-15(2)16(3,4)23-17(22-15)12-9-19(14(20)21)13-6-5-10(8-18)7-11(12)13/h5-7,9H,1-4H3,(H,20,21). The molecule has 0 saturated carbocycles. The van der Waals surface area contributed by atoms with E-state index in [0.717, 1.165) is 4.57 Å². The van der Waals surface area contributed by atoms with Crippen LogP contribution in [0.25, 0.3) is 10.9 Å². The van der Waals surface area contributed by atoms with Gasteiger partial charge in [0.05, 0.1) is 28.4 Å². The van der Waals surface area contributed by atoms with Crippen LogP contribution in [-0.2, 0) is 9.31 Å². The van der Waals surface area contributed by atoms with E-state index in [-0.39, 0.29) is 0 Å². The van der Waals surface area contributed by atoms with Crippen molar-refractivity contribution in [2.75, 3.05) is 0 Å². The third-order valence-electron chi connectivity index (χ3n) is 4.68. The predicted octanol–water partition coefficient (Wildman–Crippen LogP) is 2.34. The zero-order valence-electron chi connectivity index (χ0n) is 13.5. The minimum atomic E-state index is -1.09. The second-order valence-corrected chi connectivity index (χ2v) is 6.67. The van der Waals surface area contributed by atoms with E-state index >= 15 is 0 Å². The van der Waals surface area contributed by atoms with Gasteiger partial charge in [-0.3, -0.25) is 4.57 Å². The molecular weight excluding hydrogens is 295 g/mol. The second kappa shape index (κ2) is 4.85. The highest BCUT2D eigenvalue weighted by Crippen LogP contribution is 2.37. The molecule has 0 atom stereocenters. The van der Waals surface area contributed by atoms with Crippen LogP contribution >= 0.6 is 0 Å². The molecule has 6 nitrogen and oxygen atoms in total. The Kier molecular flexibility index (Phi) is 3.29. The molecule has 1 fully saturated rings. The summed E-state index contributed by atoms with van der Waals surface area (Å²) in [6, 6.07) is 6.95. The van der Waals surface area contributed by atoms with Crippen LogP contribution in [0.5, 0.6) is 0 Å². The third kappa shape index (κ3) is 2.31. The molecule has 1 aromatic carbocycles. The van der Waals surface area contributed by atoms with Crippen molar-refractivity contribution in [2.45, 2.75) is 38.9 Å². The number of nitriles is 1. The number of nitrogens with zero attached hydrogens (tertiary/aromatic N) is 2. The van der Waals surface area contributed by atoms with E-state index < -0.39 is 24.4 Å². The first-order valence-corrected chi connectivity index (χ1v) is 7.30. The van der Waals surface area contributed by atoms with Gasteiger partial charge in [0.1, 0.15) is 0 Å². The molecule has 118 valence electrons. The molecule has 0 bridgehead atoms. The molecule has 2 aromatic rings. The van der Waals surface area contributed by atoms with E-state index in [1.54, 1.807) is 18.2 Å². The highest BCUT2D eigenvalue weighted by Gasteiger charge is 2.52. The van der Waals surface area contributed by atoms with Gasteiger partial charge in [-0.1, -0.05) is 0 Å². The molecule has 23 heavy (non-hydrogen) atoms. The summed E-state index contributed by atoms with van der Waals surface area (Å²) < 4.78 is 13.1. The maximum Gasteiger partial charge on any atom is 0.497 e. The van der Waals surface area contributed by atoms with Gasteiger partial charge in [0.25, 0.3) is 0 Å². The van der Waals surface area contributed by atoms with Crippen LogP contribution in [-0.4, -0.2) is 34.1 Å². The Balaban J connectivity index is 2.18. The Morgan fingerprint density at radius 2 is 1.87 bits per heavy atom. The van der Waals surface area contributed by atoms with Crippen molar-refractivity contribution in [2.24, 2.45) is 0 Å². The third-order valence-corrected chi connectivity index (χ3v) is 4.68. The quantitative estimate of drug-likeness (QED) is 0.817. The summed E-state index contributed by atoms with van der Waals surface area (Å²) in [5.74, 6) is 0. The van der Waals surface area contributed by atoms with Crippen molar-refractivity contribution >= 4 is 29.6 Å². The van der Waals surface area contributed by atoms with Crippen molar-refractivity contribution in [1.82, 2.24) is 4.57 Å². The van der Waals surface area contributed by atoms with E-state index in [1.165, 1.54) is 6.20 Å². The van der Waals surface area contributed by atoms with Crippen molar-refractivity contribution in [3.8, 4) is 6.07 Å². The first-order chi connectivity index (χ1) is 10.7. The summed E-state index contributed by atoms with van der Waals surface area (Å²) in [5.41, 5.74) is 0.516. The zero-order chi connectivity index (χ0) is 17.0. The number of hydrogen-bond acceptors (Lipinski definition) is 4. The molecule has 0 amide bonds. The Bertz CT molecular complexity index is 832.